The van der Waals surface area contributed by atoms with Gasteiger partial charge in [-0.05, 0) is 54.5 Å². The van der Waals surface area contributed by atoms with Crippen molar-refractivity contribution in [1.82, 2.24) is 14.8 Å². The first-order valence-corrected chi connectivity index (χ1v) is 12.3. The third kappa shape index (κ3) is 4.09. The number of imide groups is 1. The number of nitrogens with zero attached hydrogens (tertiary/aromatic N) is 2. The van der Waals surface area contributed by atoms with Gasteiger partial charge in [0.25, 0.3) is 11.8 Å². The third-order valence-corrected chi connectivity index (χ3v) is 7.14. The minimum atomic E-state index is -0.176. The van der Waals surface area contributed by atoms with Crippen LogP contribution in [0.25, 0.3) is 16.5 Å². The van der Waals surface area contributed by atoms with E-state index in [1.807, 2.05) is 12.1 Å². The Bertz CT molecular complexity index is 1280. The number of benzene rings is 2. The first-order valence-electron chi connectivity index (χ1n) is 12.3. The molecule has 1 aromatic heterocycles. The fourth-order valence-corrected chi connectivity index (χ4v) is 5.26. The van der Waals surface area contributed by atoms with E-state index in [0.717, 1.165) is 44.5 Å². The van der Waals surface area contributed by atoms with Crippen LogP contribution >= 0.6 is 0 Å². The van der Waals surface area contributed by atoms with Crippen molar-refractivity contribution in [3.8, 4) is 0 Å². The van der Waals surface area contributed by atoms with Crippen LogP contribution in [0.5, 0.6) is 0 Å². The summed E-state index contributed by atoms with van der Waals surface area (Å²) < 4.78 is 0. The number of carbonyl (C=O) groups is 2. The molecule has 2 aromatic carbocycles. The molecule has 2 aliphatic heterocycles. The lowest BCUT2D eigenvalue weighted by molar-refractivity contribution is 0.0649. The van der Waals surface area contributed by atoms with Crippen LogP contribution in [0.3, 0.4) is 0 Å². The second-order valence-corrected chi connectivity index (χ2v) is 10.5. The van der Waals surface area contributed by atoms with Gasteiger partial charge in [0, 0.05) is 42.3 Å². The van der Waals surface area contributed by atoms with Crippen LogP contribution in [0.15, 0.2) is 54.7 Å². The standard InChI is InChI=1S/C29H33N3O2/c1-29(2,3)24-11-8-10-22-26(24)28(34)32(27(22)33)16-7-6-15-31-17-13-20(14-18-31)23-19-30-25-12-5-4-9-21(23)25/h4-5,8-13,19,30H,6-7,14-18H2,1-3H3. The number of aromatic amines is 1. The molecular formula is C29H33N3O2. The predicted molar refractivity (Wildman–Crippen MR) is 137 cm³/mol. The molecule has 3 aromatic rings. The van der Waals surface area contributed by atoms with E-state index in [0.29, 0.717) is 17.7 Å². The Balaban J connectivity index is 1.15. The Morgan fingerprint density at radius 3 is 2.47 bits per heavy atom. The van der Waals surface area contributed by atoms with Gasteiger partial charge in [-0.2, -0.15) is 0 Å². The third-order valence-electron chi connectivity index (χ3n) is 7.14. The number of amides is 2. The summed E-state index contributed by atoms with van der Waals surface area (Å²) in [6.45, 7) is 9.69. The predicted octanol–water partition coefficient (Wildman–Crippen LogP) is 5.63. The highest BCUT2D eigenvalue weighted by Crippen LogP contribution is 2.33. The van der Waals surface area contributed by atoms with E-state index in [4.69, 9.17) is 0 Å². The summed E-state index contributed by atoms with van der Waals surface area (Å²) in [4.78, 5) is 33.3. The topological polar surface area (TPSA) is 56.4 Å². The van der Waals surface area contributed by atoms with Crippen LogP contribution in [-0.2, 0) is 5.41 Å². The molecule has 34 heavy (non-hydrogen) atoms. The maximum absolute atomic E-state index is 13.1. The fourth-order valence-electron chi connectivity index (χ4n) is 5.26. The van der Waals surface area contributed by atoms with E-state index in [2.05, 4.69) is 67.2 Å². The van der Waals surface area contributed by atoms with Crippen molar-refractivity contribution >= 4 is 28.3 Å². The lowest BCUT2D eigenvalue weighted by atomic mass is 9.82. The number of fused-ring (bicyclic) bond motifs is 2. The van der Waals surface area contributed by atoms with Gasteiger partial charge in [-0.15, -0.1) is 0 Å². The number of unbranched alkanes of at least 4 members (excludes halogenated alkanes) is 1. The lowest BCUT2D eigenvalue weighted by Gasteiger charge is -2.26. The Hall–Kier alpha value is -3.18. The molecular weight excluding hydrogens is 422 g/mol. The van der Waals surface area contributed by atoms with E-state index in [-0.39, 0.29) is 17.2 Å². The van der Waals surface area contributed by atoms with Gasteiger partial charge in [-0.25, -0.2) is 0 Å². The van der Waals surface area contributed by atoms with Gasteiger partial charge in [0.1, 0.15) is 0 Å². The van der Waals surface area contributed by atoms with Gasteiger partial charge in [-0.1, -0.05) is 57.2 Å². The number of aromatic nitrogens is 1. The summed E-state index contributed by atoms with van der Waals surface area (Å²) in [5.74, 6) is -0.273. The smallest absolute Gasteiger partial charge is 0.261 e. The van der Waals surface area contributed by atoms with Crippen LogP contribution in [0, 0.1) is 0 Å². The van der Waals surface area contributed by atoms with Crippen LogP contribution in [0.1, 0.15) is 71.9 Å². The zero-order chi connectivity index (χ0) is 23.9. The van der Waals surface area contributed by atoms with Crippen LogP contribution < -0.4 is 0 Å². The molecule has 0 radical (unpaired) electrons. The summed E-state index contributed by atoms with van der Waals surface area (Å²) in [5, 5.41) is 1.29. The Labute approximate surface area is 201 Å². The molecule has 0 aliphatic carbocycles. The van der Waals surface area contributed by atoms with Gasteiger partial charge in [0.2, 0.25) is 0 Å². The van der Waals surface area contributed by atoms with Crippen molar-refractivity contribution in [2.75, 3.05) is 26.2 Å². The van der Waals surface area contributed by atoms with E-state index < -0.39 is 0 Å². The van der Waals surface area contributed by atoms with E-state index in [1.165, 1.54) is 26.9 Å². The molecule has 0 bridgehead atoms. The van der Waals surface area contributed by atoms with Crippen molar-refractivity contribution in [2.24, 2.45) is 0 Å². The second-order valence-electron chi connectivity index (χ2n) is 10.5. The number of hydrogen-bond acceptors (Lipinski definition) is 3. The first-order chi connectivity index (χ1) is 16.3. The monoisotopic (exact) mass is 455 g/mol. The SMILES string of the molecule is CC(C)(C)c1cccc2c1C(=O)N(CCCCN1CC=C(c3c[nH]c4ccccc34)CC1)C2=O. The molecule has 0 atom stereocenters. The van der Waals surface area contributed by atoms with Crippen molar-refractivity contribution in [3.63, 3.8) is 0 Å². The number of nitrogens with one attached hydrogen (secondary N) is 1. The van der Waals surface area contributed by atoms with Crippen molar-refractivity contribution in [3.05, 3.63) is 77.0 Å². The summed E-state index contributed by atoms with van der Waals surface area (Å²) >= 11 is 0. The van der Waals surface area contributed by atoms with Gasteiger partial charge in [0.05, 0.1) is 11.1 Å². The molecule has 0 spiro atoms. The molecule has 176 valence electrons. The molecule has 0 saturated heterocycles. The van der Waals surface area contributed by atoms with E-state index in [1.54, 1.807) is 6.07 Å². The maximum Gasteiger partial charge on any atom is 0.261 e. The average molecular weight is 456 g/mol. The lowest BCUT2D eigenvalue weighted by Crippen LogP contribution is -2.33. The Kier molecular flexibility index (Phi) is 5.90. The zero-order valence-corrected chi connectivity index (χ0v) is 20.4. The highest BCUT2D eigenvalue weighted by atomic mass is 16.2. The molecule has 2 aliphatic rings. The minimum absolute atomic E-state index is 0.130. The van der Waals surface area contributed by atoms with E-state index in [9.17, 15) is 9.59 Å². The average Bonchev–Trinajstić information content (AvgIpc) is 3.36. The molecule has 1 N–H and O–H groups in total. The van der Waals surface area contributed by atoms with Crippen molar-refractivity contribution in [1.29, 1.82) is 0 Å². The fraction of sp³-hybridized carbons (Fsp3) is 0.379. The zero-order valence-electron chi connectivity index (χ0n) is 20.4. The second kappa shape index (κ2) is 8.88. The van der Waals surface area contributed by atoms with E-state index >= 15 is 0 Å². The van der Waals surface area contributed by atoms with Gasteiger partial charge >= 0.3 is 0 Å². The molecule has 2 amide bonds. The Morgan fingerprint density at radius 1 is 0.912 bits per heavy atom. The molecule has 0 fully saturated rings. The molecule has 3 heterocycles. The summed E-state index contributed by atoms with van der Waals surface area (Å²) in [6, 6.07) is 14.1. The minimum Gasteiger partial charge on any atom is -0.361 e. The van der Waals surface area contributed by atoms with Crippen molar-refractivity contribution in [2.45, 2.75) is 45.4 Å². The molecule has 0 unspecified atom stereocenters. The van der Waals surface area contributed by atoms with Crippen molar-refractivity contribution < 1.29 is 9.59 Å². The normalized spacial score (nSPS) is 16.9. The molecule has 5 heteroatoms. The van der Waals surface area contributed by atoms with Crippen LogP contribution in [-0.4, -0.2) is 52.8 Å². The van der Waals surface area contributed by atoms with Gasteiger partial charge < -0.3 is 4.98 Å². The largest absolute Gasteiger partial charge is 0.361 e. The van der Waals surface area contributed by atoms with Gasteiger partial charge in [0.15, 0.2) is 0 Å². The number of carbonyl (C=O) groups excluding carboxylic acids is 2. The molecule has 0 saturated carbocycles. The Morgan fingerprint density at radius 2 is 1.71 bits per heavy atom. The molecule has 5 rings (SSSR count). The summed E-state index contributed by atoms with van der Waals surface area (Å²) in [6.07, 6.45) is 7.30. The highest BCUT2D eigenvalue weighted by Gasteiger charge is 2.38. The maximum atomic E-state index is 13.1. The van der Waals surface area contributed by atoms with Crippen LogP contribution in [0.2, 0.25) is 0 Å². The van der Waals surface area contributed by atoms with Crippen LogP contribution in [0.4, 0.5) is 0 Å². The quantitative estimate of drug-likeness (QED) is 0.387. The summed E-state index contributed by atoms with van der Waals surface area (Å²) in [7, 11) is 0. The number of H-pyrrole nitrogens is 1. The molecule has 5 nitrogen and oxygen atoms in total. The number of rotatable bonds is 6. The number of para-hydroxylation sites is 1. The number of hydrogen-bond donors (Lipinski definition) is 1. The highest BCUT2D eigenvalue weighted by molar-refractivity contribution is 6.22. The van der Waals surface area contributed by atoms with Gasteiger partial charge in [-0.3, -0.25) is 19.4 Å². The summed E-state index contributed by atoms with van der Waals surface area (Å²) in [5.41, 5.74) is 5.85. The first kappa shape index (κ1) is 22.6.